The van der Waals surface area contributed by atoms with E-state index in [2.05, 4.69) is 9.97 Å². The first kappa shape index (κ1) is 16.0. The van der Waals surface area contributed by atoms with E-state index in [1.54, 1.807) is 31.2 Å². The van der Waals surface area contributed by atoms with Gasteiger partial charge < -0.3 is 14.6 Å². The topological polar surface area (TPSA) is 81.5 Å². The van der Waals surface area contributed by atoms with Crippen LogP contribution in [0.15, 0.2) is 24.3 Å². The number of nitrogens with zero attached hydrogens (tertiary/aromatic N) is 2. The van der Waals surface area contributed by atoms with Crippen LogP contribution in [0.4, 0.5) is 4.79 Å². The monoisotopic (exact) mass is 322 g/mol. The first-order valence-corrected chi connectivity index (χ1v) is 6.96. The normalized spacial score (nSPS) is 10.6. The van der Waals surface area contributed by atoms with E-state index in [9.17, 15) is 4.79 Å². The summed E-state index contributed by atoms with van der Waals surface area (Å²) >= 11 is 5.86. The van der Waals surface area contributed by atoms with Gasteiger partial charge in [-0.25, -0.2) is 9.78 Å². The van der Waals surface area contributed by atoms with Crippen molar-refractivity contribution in [1.29, 1.82) is 0 Å². The summed E-state index contributed by atoms with van der Waals surface area (Å²) < 4.78 is 10.3. The van der Waals surface area contributed by atoms with Crippen molar-refractivity contribution in [2.75, 3.05) is 0 Å². The summed E-state index contributed by atoms with van der Waals surface area (Å²) in [6.07, 6.45) is -1.64. The number of hydrogen-bond acceptors (Lipinski definition) is 5. The number of aryl methyl sites for hydroxylation is 1. The maximum atomic E-state index is 10.8. The van der Waals surface area contributed by atoms with Crippen LogP contribution in [-0.4, -0.2) is 27.3 Å². The molecule has 0 saturated heterocycles. The minimum Gasteiger partial charge on any atom is -0.472 e. The van der Waals surface area contributed by atoms with Gasteiger partial charge in [-0.15, -0.1) is 0 Å². The van der Waals surface area contributed by atoms with Crippen LogP contribution in [-0.2, 0) is 0 Å². The van der Waals surface area contributed by atoms with Gasteiger partial charge in [-0.05, 0) is 45.0 Å². The molecule has 7 heteroatoms. The largest absolute Gasteiger partial charge is 0.511 e. The third-order valence-corrected chi connectivity index (χ3v) is 2.90. The van der Waals surface area contributed by atoms with E-state index >= 15 is 0 Å². The first-order valence-electron chi connectivity index (χ1n) is 6.59. The van der Waals surface area contributed by atoms with Crippen LogP contribution in [0.5, 0.6) is 11.6 Å². The number of benzene rings is 1. The molecule has 0 saturated carbocycles. The molecule has 1 N–H and O–H groups in total. The van der Waals surface area contributed by atoms with Crippen molar-refractivity contribution in [3.05, 3.63) is 35.0 Å². The van der Waals surface area contributed by atoms with E-state index in [1.165, 1.54) is 0 Å². The Bertz CT molecular complexity index is 687. The summed E-state index contributed by atoms with van der Waals surface area (Å²) in [5, 5.41) is 9.42. The highest BCUT2D eigenvalue weighted by Crippen LogP contribution is 2.32. The van der Waals surface area contributed by atoms with E-state index in [0.29, 0.717) is 16.5 Å². The molecule has 0 atom stereocenters. The lowest BCUT2D eigenvalue weighted by Gasteiger charge is -2.14. The van der Waals surface area contributed by atoms with Crippen LogP contribution in [0.2, 0.25) is 5.02 Å². The number of rotatable bonds is 4. The van der Waals surface area contributed by atoms with Crippen LogP contribution in [0.25, 0.3) is 11.4 Å². The Balaban J connectivity index is 2.51. The Kier molecular flexibility index (Phi) is 4.82. The highest BCUT2D eigenvalue weighted by atomic mass is 35.5. The van der Waals surface area contributed by atoms with Crippen molar-refractivity contribution in [1.82, 2.24) is 9.97 Å². The minimum atomic E-state index is -1.44. The minimum absolute atomic E-state index is 0.00101. The molecule has 116 valence electrons. The van der Waals surface area contributed by atoms with Crippen molar-refractivity contribution in [2.45, 2.75) is 26.9 Å². The average molecular weight is 323 g/mol. The number of aromatic nitrogens is 2. The zero-order valence-corrected chi connectivity index (χ0v) is 13.1. The van der Waals surface area contributed by atoms with E-state index in [1.807, 2.05) is 13.8 Å². The molecule has 0 aliphatic heterocycles. The summed E-state index contributed by atoms with van der Waals surface area (Å²) in [6, 6.07) is 6.99. The standard InChI is InChI=1S/C15H15ClN2O4/c1-8(2)21-14-12(22-15(19)20)9(3)17-13(18-14)10-4-6-11(16)7-5-10/h4-8H,1-3H3,(H,19,20). The van der Waals surface area contributed by atoms with Crippen LogP contribution in [0, 0.1) is 6.92 Å². The molecule has 0 amide bonds. The zero-order valence-electron chi connectivity index (χ0n) is 12.3. The number of carbonyl (C=O) groups is 1. The predicted octanol–water partition coefficient (Wildman–Crippen LogP) is 3.95. The van der Waals surface area contributed by atoms with Crippen molar-refractivity contribution >= 4 is 17.8 Å². The Hall–Kier alpha value is -2.34. The second-order valence-corrected chi connectivity index (χ2v) is 5.24. The number of ether oxygens (including phenoxy) is 2. The van der Waals surface area contributed by atoms with Crippen LogP contribution >= 0.6 is 11.6 Å². The van der Waals surface area contributed by atoms with Crippen LogP contribution < -0.4 is 9.47 Å². The SMILES string of the molecule is Cc1nc(-c2ccc(Cl)cc2)nc(OC(C)C)c1OC(=O)O. The lowest BCUT2D eigenvalue weighted by molar-refractivity contribution is 0.138. The van der Waals surface area contributed by atoms with Gasteiger partial charge >= 0.3 is 6.16 Å². The first-order chi connectivity index (χ1) is 10.4. The molecule has 0 radical (unpaired) electrons. The fourth-order valence-electron chi connectivity index (χ4n) is 1.77. The summed E-state index contributed by atoms with van der Waals surface area (Å²) in [5.41, 5.74) is 1.11. The number of carboxylic acid groups (broad SMARTS) is 1. The molecule has 1 heterocycles. The molecule has 1 aromatic heterocycles. The molecular formula is C15H15ClN2O4. The second-order valence-electron chi connectivity index (χ2n) is 4.81. The molecule has 0 unspecified atom stereocenters. The van der Waals surface area contributed by atoms with Crippen molar-refractivity contribution in [3.8, 4) is 23.0 Å². The molecule has 0 bridgehead atoms. The quantitative estimate of drug-likeness (QED) is 0.858. The molecule has 0 aliphatic rings. The smallest absolute Gasteiger partial charge is 0.472 e. The summed E-state index contributed by atoms with van der Waals surface area (Å²) in [5.74, 6) is 0.497. The second kappa shape index (κ2) is 6.62. The Morgan fingerprint density at radius 1 is 1.23 bits per heavy atom. The van der Waals surface area contributed by atoms with Gasteiger partial charge in [0.1, 0.15) is 0 Å². The van der Waals surface area contributed by atoms with Gasteiger partial charge in [-0.2, -0.15) is 4.98 Å². The van der Waals surface area contributed by atoms with E-state index in [-0.39, 0.29) is 17.7 Å². The van der Waals surface area contributed by atoms with Gasteiger partial charge in [0, 0.05) is 10.6 Å². The highest BCUT2D eigenvalue weighted by Gasteiger charge is 2.19. The molecule has 22 heavy (non-hydrogen) atoms. The lowest BCUT2D eigenvalue weighted by atomic mass is 10.2. The van der Waals surface area contributed by atoms with Gasteiger partial charge in [0.2, 0.25) is 5.75 Å². The van der Waals surface area contributed by atoms with Crippen molar-refractivity contribution < 1.29 is 19.4 Å². The fourth-order valence-corrected chi connectivity index (χ4v) is 1.90. The van der Waals surface area contributed by atoms with Crippen molar-refractivity contribution in [3.63, 3.8) is 0 Å². The third kappa shape index (κ3) is 3.85. The van der Waals surface area contributed by atoms with Gasteiger partial charge in [0.15, 0.2) is 5.82 Å². The van der Waals surface area contributed by atoms with Gasteiger partial charge in [0.25, 0.3) is 5.88 Å². The Morgan fingerprint density at radius 2 is 1.86 bits per heavy atom. The van der Waals surface area contributed by atoms with Crippen LogP contribution in [0.3, 0.4) is 0 Å². The maximum absolute atomic E-state index is 10.8. The molecule has 0 aliphatic carbocycles. The summed E-state index contributed by atoms with van der Waals surface area (Å²) in [4.78, 5) is 19.3. The van der Waals surface area contributed by atoms with Gasteiger partial charge in [0.05, 0.1) is 11.8 Å². The van der Waals surface area contributed by atoms with E-state index in [0.717, 1.165) is 5.56 Å². The third-order valence-electron chi connectivity index (χ3n) is 2.64. The fraction of sp³-hybridized carbons (Fsp3) is 0.267. The molecule has 6 nitrogen and oxygen atoms in total. The zero-order chi connectivity index (χ0) is 16.3. The summed E-state index contributed by atoms with van der Waals surface area (Å²) in [7, 11) is 0. The molecule has 2 rings (SSSR count). The molecule has 0 spiro atoms. The van der Waals surface area contributed by atoms with Crippen LogP contribution in [0.1, 0.15) is 19.5 Å². The number of halogens is 1. The predicted molar refractivity (Wildman–Crippen MR) is 81.6 cm³/mol. The average Bonchev–Trinajstić information content (AvgIpc) is 2.42. The lowest BCUT2D eigenvalue weighted by Crippen LogP contribution is -2.13. The summed E-state index contributed by atoms with van der Waals surface area (Å²) in [6.45, 7) is 5.25. The maximum Gasteiger partial charge on any atom is 0.511 e. The Morgan fingerprint density at radius 3 is 2.41 bits per heavy atom. The highest BCUT2D eigenvalue weighted by molar-refractivity contribution is 6.30. The van der Waals surface area contributed by atoms with E-state index in [4.69, 9.17) is 26.2 Å². The van der Waals surface area contributed by atoms with Crippen molar-refractivity contribution in [2.24, 2.45) is 0 Å². The van der Waals surface area contributed by atoms with Gasteiger partial charge in [-0.1, -0.05) is 11.6 Å². The van der Waals surface area contributed by atoms with Gasteiger partial charge in [-0.3, -0.25) is 0 Å². The molecule has 2 aromatic rings. The molecule has 0 fully saturated rings. The molecule has 1 aromatic carbocycles. The van der Waals surface area contributed by atoms with E-state index < -0.39 is 6.16 Å². The number of hydrogen-bond donors (Lipinski definition) is 1. The Labute approximate surface area is 132 Å². The molecular weight excluding hydrogens is 308 g/mol.